The summed E-state index contributed by atoms with van der Waals surface area (Å²) >= 11 is 0. The molecule has 13 heavy (non-hydrogen) atoms. The van der Waals surface area contributed by atoms with Gasteiger partial charge in [-0.2, -0.15) is 5.10 Å². The lowest BCUT2D eigenvalue weighted by atomic mass is 10.4. The van der Waals surface area contributed by atoms with Gasteiger partial charge in [-0.25, -0.2) is 0 Å². The van der Waals surface area contributed by atoms with Gasteiger partial charge in [0.05, 0.1) is 0 Å². The lowest BCUT2D eigenvalue weighted by Crippen LogP contribution is -1.89. The number of hydrogen-bond donors (Lipinski definition) is 1. The molecule has 0 bridgehead atoms. The van der Waals surface area contributed by atoms with Gasteiger partial charge in [-0.15, -0.1) is 0 Å². The van der Waals surface area contributed by atoms with Crippen LogP contribution in [0.5, 0.6) is 0 Å². The fourth-order valence-corrected chi connectivity index (χ4v) is 0.726. The third kappa shape index (κ3) is 5.44. The SMILES string of the molecule is C1=CC=NNC=C1.c1ccccc1. The molecule has 1 aliphatic rings. The van der Waals surface area contributed by atoms with Gasteiger partial charge in [0.15, 0.2) is 0 Å². The van der Waals surface area contributed by atoms with Crippen LogP contribution in [0.2, 0.25) is 0 Å². The van der Waals surface area contributed by atoms with E-state index in [-0.39, 0.29) is 0 Å². The van der Waals surface area contributed by atoms with Gasteiger partial charge in [-0.05, 0) is 12.2 Å². The molecule has 0 saturated carbocycles. The number of allylic oxidation sites excluding steroid dienone is 3. The van der Waals surface area contributed by atoms with Crippen LogP contribution in [-0.2, 0) is 0 Å². The summed E-state index contributed by atoms with van der Waals surface area (Å²) < 4.78 is 0. The minimum Gasteiger partial charge on any atom is -0.286 e. The van der Waals surface area contributed by atoms with Crippen molar-refractivity contribution in [1.29, 1.82) is 0 Å². The molecular formula is C11H12N2. The van der Waals surface area contributed by atoms with Gasteiger partial charge in [0.1, 0.15) is 0 Å². The number of nitrogens with one attached hydrogen (secondary N) is 1. The summed E-state index contributed by atoms with van der Waals surface area (Å²) in [5.41, 5.74) is 2.67. The van der Waals surface area contributed by atoms with E-state index < -0.39 is 0 Å². The molecule has 0 atom stereocenters. The minimum absolute atomic E-state index is 1.69. The molecule has 2 nitrogen and oxygen atoms in total. The van der Waals surface area contributed by atoms with E-state index in [2.05, 4.69) is 10.5 Å². The van der Waals surface area contributed by atoms with Crippen LogP contribution in [0.3, 0.4) is 0 Å². The van der Waals surface area contributed by atoms with Gasteiger partial charge in [0.2, 0.25) is 0 Å². The second kappa shape index (κ2) is 6.85. The molecule has 2 rings (SSSR count). The van der Waals surface area contributed by atoms with E-state index in [1.54, 1.807) is 12.4 Å². The summed E-state index contributed by atoms with van der Waals surface area (Å²) in [7, 11) is 0. The third-order valence-electron chi connectivity index (χ3n) is 1.29. The smallest absolute Gasteiger partial charge is 0.0472 e. The van der Waals surface area contributed by atoms with Crippen molar-refractivity contribution in [2.45, 2.75) is 0 Å². The third-order valence-corrected chi connectivity index (χ3v) is 1.29. The van der Waals surface area contributed by atoms with Gasteiger partial charge >= 0.3 is 0 Å². The summed E-state index contributed by atoms with van der Waals surface area (Å²) in [4.78, 5) is 0. The number of hydrazone groups is 1. The molecule has 0 aliphatic carbocycles. The first-order chi connectivity index (χ1) is 6.50. The monoisotopic (exact) mass is 172 g/mol. The summed E-state index contributed by atoms with van der Waals surface area (Å²) in [6.45, 7) is 0. The number of nitrogens with zero attached hydrogens (tertiary/aromatic N) is 1. The van der Waals surface area contributed by atoms with Crippen molar-refractivity contribution < 1.29 is 0 Å². The highest BCUT2D eigenvalue weighted by Gasteiger charge is 1.68. The molecule has 1 heterocycles. The van der Waals surface area contributed by atoms with Crippen LogP contribution in [0.25, 0.3) is 0 Å². The molecule has 0 amide bonds. The summed E-state index contributed by atoms with van der Waals surface area (Å²) in [5, 5.41) is 3.72. The second-order valence-corrected chi connectivity index (χ2v) is 2.31. The Morgan fingerprint density at radius 3 is 1.92 bits per heavy atom. The molecule has 0 radical (unpaired) electrons. The topological polar surface area (TPSA) is 24.4 Å². The van der Waals surface area contributed by atoms with E-state index in [0.717, 1.165) is 0 Å². The Labute approximate surface area is 78.3 Å². The van der Waals surface area contributed by atoms with Crippen LogP contribution in [0.15, 0.2) is 65.9 Å². The minimum atomic E-state index is 1.69. The maximum absolute atomic E-state index is 3.72. The fourth-order valence-electron chi connectivity index (χ4n) is 0.726. The molecular weight excluding hydrogens is 160 g/mol. The normalized spacial score (nSPS) is 12.3. The van der Waals surface area contributed by atoms with Crippen molar-refractivity contribution >= 4 is 6.21 Å². The Bertz CT molecular complexity index is 246. The Morgan fingerprint density at radius 1 is 0.692 bits per heavy atom. The molecule has 0 saturated heterocycles. The van der Waals surface area contributed by atoms with Crippen LogP contribution in [-0.4, -0.2) is 6.21 Å². The molecule has 0 spiro atoms. The van der Waals surface area contributed by atoms with Gasteiger partial charge in [0.25, 0.3) is 0 Å². The van der Waals surface area contributed by atoms with Crippen LogP contribution in [0.4, 0.5) is 0 Å². The van der Waals surface area contributed by atoms with Crippen molar-refractivity contribution in [2.24, 2.45) is 5.10 Å². The molecule has 2 heteroatoms. The van der Waals surface area contributed by atoms with E-state index in [1.807, 2.05) is 54.6 Å². The van der Waals surface area contributed by atoms with Crippen molar-refractivity contribution in [3.63, 3.8) is 0 Å². The second-order valence-electron chi connectivity index (χ2n) is 2.31. The number of benzene rings is 1. The van der Waals surface area contributed by atoms with Gasteiger partial charge < -0.3 is 0 Å². The highest BCUT2D eigenvalue weighted by molar-refractivity contribution is 5.71. The standard InChI is InChI=1S/C6H6.C5H6N2/c1-2-4-6-5-3-1;1-2-4-6-7-5-3-1/h1-6H;1-6H. The lowest BCUT2D eigenvalue weighted by Gasteiger charge is -1.78. The first-order valence-corrected chi connectivity index (χ1v) is 4.10. The zero-order chi connectivity index (χ0) is 9.19. The molecule has 1 aromatic rings. The Kier molecular flexibility index (Phi) is 4.88. The number of rotatable bonds is 0. The molecule has 1 aromatic carbocycles. The largest absolute Gasteiger partial charge is 0.286 e. The first kappa shape index (κ1) is 9.26. The molecule has 66 valence electrons. The average molecular weight is 172 g/mol. The Morgan fingerprint density at radius 2 is 1.31 bits per heavy atom. The first-order valence-electron chi connectivity index (χ1n) is 4.10. The maximum Gasteiger partial charge on any atom is 0.0472 e. The molecule has 0 aromatic heterocycles. The van der Waals surface area contributed by atoms with E-state index in [9.17, 15) is 0 Å². The predicted molar refractivity (Wildman–Crippen MR) is 56.3 cm³/mol. The molecule has 1 N–H and O–H groups in total. The van der Waals surface area contributed by atoms with Crippen LogP contribution in [0, 0.1) is 0 Å². The zero-order valence-corrected chi connectivity index (χ0v) is 7.30. The summed E-state index contributed by atoms with van der Waals surface area (Å²) in [5.74, 6) is 0. The van der Waals surface area contributed by atoms with Crippen molar-refractivity contribution in [1.82, 2.24) is 5.43 Å². The van der Waals surface area contributed by atoms with Gasteiger partial charge in [-0.3, -0.25) is 5.43 Å². The van der Waals surface area contributed by atoms with Gasteiger partial charge in [-0.1, -0.05) is 42.5 Å². The summed E-state index contributed by atoms with van der Waals surface area (Å²) in [6.07, 6.45) is 9.10. The van der Waals surface area contributed by atoms with Crippen LogP contribution < -0.4 is 5.43 Å². The highest BCUT2D eigenvalue weighted by atomic mass is 15.3. The fraction of sp³-hybridized carbons (Fsp3) is 0. The highest BCUT2D eigenvalue weighted by Crippen LogP contribution is 1.80. The Hall–Kier alpha value is -1.83. The van der Waals surface area contributed by atoms with E-state index >= 15 is 0 Å². The molecule has 0 unspecified atom stereocenters. The van der Waals surface area contributed by atoms with Crippen molar-refractivity contribution in [3.8, 4) is 0 Å². The lowest BCUT2D eigenvalue weighted by molar-refractivity contribution is 0.980. The van der Waals surface area contributed by atoms with E-state index in [1.165, 1.54) is 0 Å². The van der Waals surface area contributed by atoms with Gasteiger partial charge in [0, 0.05) is 12.4 Å². The van der Waals surface area contributed by atoms with E-state index in [4.69, 9.17) is 0 Å². The van der Waals surface area contributed by atoms with Crippen LogP contribution >= 0.6 is 0 Å². The van der Waals surface area contributed by atoms with Crippen molar-refractivity contribution in [3.05, 3.63) is 60.8 Å². The predicted octanol–water partition coefficient (Wildman–Crippen LogP) is 2.33. The van der Waals surface area contributed by atoms with Crippen LogP contribution in [0.1, 0.15) is 0 Å². The quantitative estimate of drug-likeness (QED) is 0.638. The maximum atomic E-state index is 3.72. The molecule has 1 aliphatic heterocycles. The Balaban J connectivity index is 0.000000132. The number of hydrogen-bond acceptors (Lipinski definition) is 2. The van der Waals surface area contributed by atoms with E-state index in [0.29, 0.717) is 0 Å². The summed E-state index contributed by atoms with van der Waals surface area (Å²) in [6, 6.07) is 12.0. The average Bonchev–Trinajstić information content (AvgIpc) is 2.53. The van der Waals surface area contributed by atoms with Crippen molar-refractivity contribution in [2.75, 3.05) is 0 Å². The zero-order valence-electron chi connectivity index (χ0n) is 7.30. The molecule has 0 fully saturated rings.